The number of Topliss-reactive ketones (excluding diaryl/α,β-unsaturated/α-hetero) is 2. The molecule has 2 unspecified atom stereocenters. The van der Waals surface area contributed by atoms with Crippen molar-refractivity contribution in [3.05, 3.63) is 98.6 Å². The summed E-state index contributed by atoms with van der Waals surface area (Å²) in [7, 11) is 0. The van der Waals surface area contributed by atoms with Crippen LogP contribution in [0.15, 0.2) is 48.5 Å². The molecule has 1 saturated carbocycles. The number of hydrogen-bond donors (Lipinski definition) is 1. The zero-order valence-electron chi connectivity index (χ0n) is 23.8. The predicted octanol–water partition coefficient (Wildman–Crippen LogP) is 9.26. The Kier molecular flexibility index (Phi) is 10.7. The number of rotatable bonds is 10. The van der Waals surface area contributed by atoms with Crippen molar-refractivity contribution in [3.8, 4) is 0 Å². The highest BCUT2D eigenvalue weighted by Crippen LogP contribution is 2.65. The van der Waals surface area contributed by atoms with Crippen LogP contribution in [-0.2, 0) is 39.5 Å². The number of nitrogens with one attached hydrogen (secondary N) is 1. The van der Waals surface area contributed by atoms with Crippen LogP contribution in [0.4, 0.5) is 54.0 Å². The van der Waals surface area contributed by atoms with Crippen molar-refractivity contribution < 1.29 is 67.4 Å². The maximum absolute atomic E-state index is 15.1. The highest BCUT2D eigenvalue weighted by atomic mass is 35.5. The summed E-state index contributed by atoms with van der Waals surface area (Å²) in [6, 6.07) is 5.45. The Morgan fingerprint density at radius 3 is 1.96 bits per heavy atom. The summed E-state index contributed by atoms with van der Waals surface area (Å²) >= 11 is 18.4. The van der Waals surface area contributed by atoms with Crippen LogP contribution in [0.2, 0.25) is 5.02 Å². The molecule has 0 bridgehead atoms. The Balaban J connectivity index is 1.53. The molecule has 1 fully saturated rings. The van der Waals surface area contributed by atoms with Gasteiger partial charge in [-0.15, -0.1) is 36.4 Å². The van der Waals surface area contributed by atoms with Gasteiger partial charge in [0.2, 0.25) is 5.91 Å². The number of anilines is 1. The molecule has 1 aliphatic rings. The largest absolute Gasteiger partial charge is 0.522 e. The number of halogens is 14. The molecule has 0 heterocycles. The topological polar surface area (TPSA) is 72.5 Å². The first kappa shape index (κ1) is 38.3. The number of ketones is 2. The molecule has 1 amide bonds. The van der Waals surface area contributed by atoms with Crippen molar-refractivity contribution in [2.75, 3.05) is 11.9 Å². The molecule has 0 aromatic heterocycles. The summed E-state index contributed by atoms with van der Waals surface area (Å²) in [4.78, 5) is 38.0. The van der Waals surface area contributed by atoms with E-state index in [9.17, 15) is 58.3 Å². The number of alkyl halides is 11. The molecule has 0 aliphatic heterocycles. The van der Waals surface area contributed by atoms with Gasteiger partial charge in [0.1, 0.15) is 22.6 Å². The molecule has 3 aromatic rings. The second-order valence-electron chi connectivity index (χ2n) is 10.7. The third-order valence-corrected chi connectivity index (χ3v) is 8.50. The van der Waals surface area contributed by atoms with Crippen LogP contribution in [0.3, 0.4) is 0 Å². The first-order valence-corrected chi connectivity index (χ1v) is 14.5. The lowest BCUT2D eigenvalue weighted by Crippen LogP contribution is -2.21. The Morgan fingerprint density at radius 1 is 0.816 bits per heavy atom. The highest BCUT2D eigenvalue weighted by molar-refractivity contribution is 6.53. The molecule has 0 saturated heterocycles. The smallest absolute Gasteiger partial charge is 0.326 e. The number of carbonyl (C=O) groups excluding carboxylic acids is 3. The van der Waals surface area contributed by atoms with Gasteiger partial charge < -0.3 is 5.32 Å². The molecule has 19 heteroatoms. The van der Waals surface area contributed by atoms with E-state index in [2.05, 4.69) is 10.1 Å². The van der Waals surface area contributed by atoms with E-state index in [1.54, 1.807) is 0 Å². The van der Waals surface area contributed by atoms with E-state index in [1.807, 2.05) is 0 Å². The molecule has 0 radical (unpaired) electrons. The fourth-order valence-corrected chi connectivity index (χ4v) is 5.94. The lowest BCUT2D eigenvalue weighted by molar-refractivity contribution is -0.320. The van der Waals surface area contributed by atoms with Gasteiger partial charge in [-0.1, -0.05) is 17.7 Å². The maximum atomic E-state index is 15.1. The van der Waals surface area contributed by atoms with Gasteiger partial charge >= 0.3 is 18.7 Å². The predicted molar refractivity (Wildman–Crippen MR) is 152 cm³/mol. The van der Waals surface area contributed by atoms with Crippen LogP contribution < -0.4 is 5.32 Å². The molecule has 49 heavy (non-hydrogen) atoms. The van der Waals surface area contributed by atoms with E-state index in [-0.39, 0.29) is 22.3 Å². The summed E-state index contributed by atoms with van der Waals surface area (Å²) in [5, 5.41) is 2.06. The lowest BCUT2D eigenvalue weighted by atomic mass is 9.98. The van der Waals surface area contributed by atoms with Crippen molar-refractivity contribution in [2.24, 2.45) is 5.92 Å². The first-order valence-electron chi connectivity index (χ1n) is 13.4. The molecule has 3 aromatic carbocycles. The second-order valence-corrected chi connectivity index (χ2v) is 12.6. The zero-order valence-corrected chi connectivity index (χ0v) is 26.1. The Hall–Kier alpha value is -3.47. The molecule has 1 N–H and O–H groups in total. The molecule has 1 aliphatic carbocycles. The van der Waals surface area contributed by atoms with E-state index < -0.39 is 111 Å². The summed E-state index contributed by atoms with van der Waals surface area (Å²) in [6.45, 7) is -1.52. The average Bonchev–Trinajstić information content (AvgIpc) is 3.56. The maximum Gasteiger partial charge on any atom is 0.522 e. The third-order valence-electron chi connectivity index (χ3n) is 7.23. The SMILES string of the molecule is O=C(COC(F)(F)F)Cc1c(F)ccc(CC(=O)c2cc(NC(=O)C3C(c4cc(C(F)(F)F)cc(C(F)(F)F)c4)C3(Cl)Cl)ccc2Cl)c1F. The van der Waals surface area contributed by atoms with E-state index >= 15 is 4.39 Å². The minimum absolute atomic E-state index is 0.108. The molecule has 5 nitrogen and oxygen atoms in total. The monoisotopic (exact) mass is 769 g/mol. The zero-order chi connectivity index (χ0) is 36.9. The molecular formula is C30H17Cl3F11NO4. The van der Waals surface area contributed by atoms with Gasteiger partial charge in [0.25, 0.3) is 0 Å². The minimum atomic E-state index is -5.18. The van der Waals surface area contributed by atoms with Crippen molar-refractivity contribution in [1.82, 2.24) is 0 Å². The minimum Gasteiger partial charge on any atom is -0.326 e. The molecule has 0 spiro atoms. The standard InChI is InChI=1S/C30H17Cl3F11NO4/c31-20-3-2-16(9-18(20)22(47)7-12-1-4-21(34)19(25(12)35)10-17(46)11-49-30(42,43)44)45-26(48)24-23(27(24,32)33)13-5-14(28(36,37)38)8-15(6-13)29(39,40)41/h1-6,8-9,23-24H,7,10-11H2,(H,45,48). The molecule has 2 atom stereocenters. The van der Waals surface area contributed by atoms with Crippen LogP contribution in [0, 0.1) is 17.6 Å². The Morgan fingerprint density at radius 2 is 1.41 bits per heavy atom. The van der Waals surface area contributed by atoms with Crippen LogP contribution >= 0.6 is 34.8 Å². The van der Waals surface area contributed by atoms with Gasteiger partial charge in [0, 0.05) is 35.6 Å². The number of carbonyl (C=O) groups is 3. The van der Waals surface area contributed by atoms with Crippen LogP contribution in [0.5, 0.6) is 0 Å². The van der Waals surface area contributed by atoms with Crippen molar-refractivity contribution in [1.29, 1.82) is 0 Å². The van der Waals surface area contributed by atoms with Gasteiger partial charge in [-0.3, -0.25) is 19.1 Å². The van der Waals surface area contributed by atoms with Crippen molar-refractivity contribution >= 4 is 58.0 Å². The molecule has 4 rings (SSSR count). The van der Waals surface area contributed by atoms with Crippen molar-refractivity contribution in [3.63, 3.8) is 0 Å². The fourth-order valence-electron chi connectivity index (χ4n) is 4.89. The number of benzene rings is 3. The summed E-state index contributed by atoms with van der Waals surface area (Å²) in [6.07, 6.45) is -17.5. The normalized spacial score (nSPS) is 17.5. The number of hydrogen-bond acceptors (Lipinski definition) is 4. The van der Waals surface area contributed by atoms with Crippen LogP contribution in [-0.4, -0.2) is 34.8 Å². The Bertz CT molecular complexity index is 1770. The average molecular weight is 771 g/mol. The summed E-state index contributed by atoms with van der Waals surface area (Å²) < 4.78 is 147. The van der Waals surface area contributed by atoms with Gasteiger partial charge in [0.05, 0.1) is 22.1 Å². The van der Waals surface area contributed by atoms with Crippen LogP contribution in [0.25, 0.3) is 0 Å². The summed E-state index contributed by atoms with van der Waals surface area (Å²) in [5.74, 6) is -9.09. The quantitative estimate of drug-likeness (QED) is 0.127. The van der Waals surface area contributed by atoms with Crippen LogP contribution in [0.1, 0.15) is 44.1 Å². The van der Waals surface area contributed by atoms with Crippen molar-refractivity contribution in [2.45, 2.75) is 41.8 Å². The third kappa shape index (κ3) is 9.01. The second kappa shape index (κ2) is 13.7. The molecular weight excluding hydrogens is 754 g/mol. The van der Waals surface area contributed by atoms with Gasteiger partial charge in [-0.05, 0) is 53.6 Å². The van der Waals surface area contributed by atoms with Gasteiger partial charge in [-0.25, -0.2) is 8.78 Å². The van der Waals surface area contributed by atoms with E-state index in [0.717, 1.165) is 24.3 Å². The lowest BCUT2D eigenvalue weighted by Gasteiger charge is -2.14. The summed E-state index contributed by atoms with van der Waals surface area (Å²) in [5.41, 5.74) is -5.85. The van der Waals surface area contributed by atoms with E-state index in [4.69, 9.17) is 34.8 Å². The van der Waals surface area contributed by atoms with E-state index in [1.165, 1.54) is 0 Å². The fraction of sp³-hybridized carbons (Fsp3) is 0.300. The Labute approximate surface area is 283 Å². The van der Waals surface area contributed by atoms with Gasteiger partial charge in [0.15, 0.2) is 11.6 Å². The first-order chi connectivity index (χ1) is 22.4. The molecule has 264 valence electrons. The van der Waals surface area contributed by atoms with E-state index in [0.29, 0.717) is 18.2 Å². The van der Waals surface area contributed by atoms with Gasteiger partial charge in [-0.2, -0.15) is 26.3 Å². The number of amides is 1. The number of ether oxygens (including phenoxy) is 1. The highest BCUT2D eigenvalue weighted by Gasteiger charge is 2.68.